The van der Waals surface area contributed by atoms with Crippen LogP contribution in [0.25, 0.3) is 0 Å². The number of hydrogen-bond donors (Lipinski definition) is 2. The zero-order valence-electron chi connectivity index (χ0n) is 11.5. The van der Waals surface area contributed by atoms with E-state index in [0.29, 0.717) is 0 Å². The molecule has 0 aliphatic carbocycles. The largest absolute Gasteiger partial charge is 0.373 e. The van der Waals surface area contributed by atoms with E-state index in [1.807, 2.05) is 38.2 Å². The number of anilines is 1. The molecule has 5 heteroatoms. The first-order valence-corrected chi connectivity index (χ1v) is 7.52. The van der Waals surface area contributed by atoms with Gasteiger partial charge in [0.25, 0.3) is 0 Å². The maximum Gasteiger partial charge on any atom is 0.243 e. The Morgan fingerprint density at radius 3 is 3.00 bits per heavy atom. The molecule has 1 amide bonds. The third kappa shape index (κ3) is 2.54. The van der Waals surface area contributed by atoms with E-state index < -0.39 is 0 Å². The van der Waals surface area contributed by atoms with Gasteiger partial charge in [-0.15, -0.1) is 11.3 Å². The van der Waals surface area contributed by atoms with E-state index in [2.05, 4.69) is 21.7 Å². The van der Waals surface area contributed by atoms with Gasteiger partial charge in [-0.05, 0) is 25.5 Å². The Morgan fingerprint density at radius 2 is 2.30 bits per heavy atom. The number of nitrogens with one attached hydrogen (secondary N) is 2. The number of benzene rings is 1. The van der Waals surface area contributed by atoms with Crippen LogP contribution in [0.5, 0.6) is 0 Å². The number of nitrogens with zero attached hydrogens (tertiary/aromatic N) is 1. The summed E-state index contributed by atoms with van der Waals surface area (Å²) in [6.45, 7) is 3.99. The normalized spacial score (nSPS) is 18.2. The molecule has 2 atom stereocenters. The highest BCUT2D eigenvalue weighted by molar-refractivity contribution is 7.11. The first-order valence-electron chi connectivity index (χ1n) is 6.70. The summed E-state index contributed by atoms with van der Waals surface area (Å²) in [4.78, 5) is 17.8. The van der Waals surface area contributed by atoms with E-state index in [1.165, 1.54) is 5.56 Å². The molecule has 1 aromatic carbocycles. The average molecular weight is 287 g/mol. The highest BCUT2D eigenvalue weighted by Crippen LogP contribution is 2.26. The lowest BCUT2D eigenvalue weighted by Crippen LogP contribution is -2.39. The second kappa shape index (κ2) is 5.25. The third-order valence-corrected chi connectivity index (χ3v) is 4.55. The van der Waals surface area contributed by atoms with Crippen LogP contribution in [0.4, 0.5) is 5.69 Å². The molecule has 0 spiro atoms. The Bertz CT molecular complexity index is 613. The van der Waals surface area contributed by atoms with Gasteiger partial charge in [-0.1, -0.05) is 18.2 Å². The lowest BCUT2D eigenvalue weighted by Gasteiger charge is -2.16. The number of rotatable bonds is 3. The lowest BCUT2D eigenvalue weighted by atomic mass is 10.1. The second-order valence-corrected chi connectivity index (χ2v) is 6.36. The van der Waals surface area contributed by atoms with E-state index in [0.717, 1.165) is 22.0 Å². The number of fused-ring (bicyclic) bond motifs is 1. The van der Waals surface area contributed by atoms with Crippen molar-refractivity contribution in [2.45, 2.75) is 32.4 Å². The van der Waals surface area contributed by atoms with E-state index in [1.54, 1.807) is 11.3 Å². The number of aryl methyl sites for hydroxylation is 1. The van der Waals surface area contributed by atoms with Crippen molar-refractivity contribution in [3.8, 4) is 0 Å². The standard InChI is InChI=1S/C15H17N3OS/c1-9-8-16-15(20-9)10(2)17-14(19)13-7-11-5-3-4-6-12(11)18-13/h3-6,8,10,13,18H,7H2,1-2H3,(H,17,19). The van der Waals surface area contributed by atoms with Crippen molar-refractivity contribution in [1.82, 2.24) is 10.3 Å². The molecule has 1 aliphatic heterocycles. The lowest BCUT2D eigenvalue weighted by molar-refractivity contribution is -0.122. The van der Waals surface area contributed by atoms with E-state index >= 15 is 0 Å². The van der Waals surface area contributed by atoms with Gasteiger partial charge in [0.2, 0.25) is 5.91 Å². The third-order valence-electron chi connectivity index (χ3n) is 3.46. The van der Waals surface area contributed by atoms with Crippen LogP contribution >= 0.6 is 11.3 Å². The smallest absolute Gasteiger partial charge is 0.243 e. The van der Waals surface area contributed by atoms with Crippen molar-refractivity contribution in [1.29, 1.82) is 0 Å². The Labute approximate surface area is 122 Å². The maximum atomic E-state index is 12.3. The Kier molecular flexibility index (Phi) is 3.44. The second-order valence-electron chi connectivity index (χ2n) is 5.10. The topological polar surface area (TPSA) is 54.0 Å². The average Bonchev–Trinajstić information content (AvgIpc) is 3.04. The Hall–Kier alpha value is -1.88. The van der Waals surface area contributed by atoms with Gasteiger partial charge in [-0.2, -0.15) is 0 Å². The van der Waals surface area contributed by atoms with Crippen LogP contribution in [-0.4, -0.2) is 16.9 Å². The molecular weight excluding hydrogens is 270 g/mol. The van der Waals surface area contributed by atoms with Crippen molar-refractivity contribution in [2.24, 2.45) is 0 Å². The summed E-state index contributed by atoms with van der Waals surface area (Å²) in [6, 6.07) is 7.82. The molecule has 0 bridgehead atoms. The summed E-state index contributed by atoms with van der Waals surface area (Å²) in [7, 11) is 0. The molecule has 2 heterocycles. The summed E-state index contributed by atoms with van der Waals surface area (Å²) in [5.74, 6) is 0.0292. The van der Waals surface area contributed by atoms with Crippen LogP contribution in [0.3, 0.4) is 0 Å². The molecule has 3 rings (SSSR count). The van der Waals surface area contributed by atoms with Crippen LogP contribution in [0, 0.1) is 6.92 Å². The van der Waals surface area contributed by atoms with Gasteiger partial charge in [0.05, 0.1) is 6.04 Å². The summed E-state index contributed by atoms with van der Waals surface area (Å²) < 4.78 is 0. The van der Waals surface area contributed by atoms with E-state index in [9.17, 15) is 4.79 Å². The first kappa shape index (κ1) is 13.1. The predicted octanol–water partition coefficient (Wildman–Crippen LogP) is 2.67. The van der Waals surface area contributed by atoms with Crippen LogP contribution in [-0.2, 0) is 11.2 Å². The first-order chi connectivity index (χ1) is 9.63. The van der Waals surface area contributed by atoms with E-state index in [4.69, 9.17) is 0 Å². The monoisotopic (exact) mass is 287 g/mol. The van der Waals surface area contributed by atoms with Crippen molar-refractivity contribution in [3.63, 3.8) is 0 Å². The SMILES string of the molecule is Cc1cnc(C(C)NC(=O)C2Cc3ccccc3N2)s1. The summed E-state index contributed by atoms with van der Waals surface area (Å²) in [5.41, 5.74) is 2.26. The minimum Gasteiger partial charge on any atom is -0.373 e. The van der Waals surface area contributed by atoms with E-state index in [-0.39, 0.29) is 18.0 Å². The summed E-state index contributed by atoms with van der Waals surface area (Å²) in [6.07, 6.45) is 2.58. The van der Waals surface area contributed by atoms with Crippen LogP contribution in [0.1, 0.15) is 28.4 Å². The highest BCUT2D eigenvalue weighted by Gasteiger charge is 2.27. The molecule has 104 valence electrons. The number of carbonyl (C=O) groups is 1. The van der Waals surface area contributed by atoms with Crippen molar-refractivity contribution in [2.75, 3.05) is 5.32 Å². The van der Waals surface area contributed by atoms with Gasteiger partial charge in [0, 0.05) is 23.2 Å². The summed E-state index contributed by atoms with van der Waals surface area (Å²) >= 11 is 1.62. The van der Waals surface area contributed by atoms with Crippen molar-refractivity contribution in [3.05, 3.63) is 45.9 Å². The fourth-order valence-electron chi connectivity index (χ4n) is 2.40. The van der Waals surface area contributed by atoms with Gasteiger partial charge in [-0.25, -0.2) is 4.98 Å². The minimum atomic E-state index is -0.184. The molecule has 0 saturated carbocycles. The van der Waals surface area contributed by atoms with Crippen molar-refractivity contribution < 1.29 is 4.79 Å². The quantitative estimate of drug-likeness (QED) is 0.912. The van der Waals surface area contributed by atoms with Gasteiger partial charge < -0.3 is 10.6 Å². The number of carbonyl (C=O) groups excluding carboxylic acids is 1. The highest BCUT2D eigenvalue weighted by atomic mass is 32.1. The maximum absolute atomic E-state index is 12.3. The molecule has 1 aliphatic rings. The van der Waals surface area contributed by atoms with Crippen LogP contribution in [0.2, 0.25) is 0 Å². The number of para-hydroxylation sites is 1. The molecule has 0 radical (unpaired) electrons. The van der Waals surface area contributed by atoms with Gasteiger partial charge >= 0.3 is 0 Å². The van der Waals surface area contributed by atoms with Gasteiger partial charge in [-0.3, -0.25) is 4.79 Å². The molecule has 2 N–H and O–H groups in total. The van der Waals surface area contributed by atoms with Gasteiger partial charge in [0.15, 0.2) is 0 Å². The molecular formula is C15H17N3OS. The molecule has 20 heavy (non-hydrogen) atoms. The molecule has 2 aromatic rings. The van der Waals surface area contributed by atoms with Crippen LogP contribution < -0.4 is 10.6 Å². The van der Waals surface area contributed by atoms with Gasteiger partial charge in [0.1, 0.15) is 11.0 Å². The fourth-order valence-corrected chi connectivity index (χ4v) is 3.18. The zero-order valence-corrected chi connectivity index (χ0v) is 12.3. The molecule has 0 fully saturated rings. The molecule has 2 unspecified atom stereocenters. The Balaban J connectivity index is 1.64. The predicted molar refractivity (Wildman–Crippen MR) is 81.0 cm³/mol. The number of aromatic nitrogens is 1. The number of amides is 1. The zero-order chi connectivity index (χ0) is 14.1. The minimum absolute atomic E-state index is 0.0292. The number of hydrogen-bond acceptors (Lipinski definition) is 4. The summed E-state index contributed by atoms with van der Waals surface area (Å²) in [5, 5.41) is 7.25. The molecule has 0 saturated heterocycles. The fraction of sp³-hybridized carbons (Fsp3) is 0.333. The molecule has 1 aromatic heterocycles. The molecule has 4 nitrogen and oxygen atoms in total. The number of thiazole rings is 1. The Morgan fingerprint density at radius 1 is 1.50 bits per heavy atom. The van der Waals surface area contributed by atoms with Crippen LogP contribution in [0.15, 0.2) is 30.5 Å². The van der Waals surface area contributed by atoms with Crippen molar-refractivity contribution >= 4 is 22.9 Å².